The summed E-state index contributed by atoms with van der Waals surface area (Å²) >= 11 is 7.28. The van der Waals surface area contributed by atoms with E-state index in [1.165, 1.54) is 29.5 Å². The number of sulfonamides is 1. The Bertz CT molecular complexity index is 698. The topological polar surface area (TPSA) is 85.1 Å². The van der Waals surface area contributed by atoms with E-state index in [1.54, 1.807) is 0 Å². The second-order valence-corrected chi connectivity index (χ2v) is 7.10. The molecule has 0 atom stereocenters. The van der Waals surface area contributed by atoms with Crippen LogP contribution in [0.4, 0.5) is 5.69 Å². The monoisotopic (exact) mass is 317 g/mol. The molecule has 102 valence electrons. The minimum absolute atomic E-state index is 0.0821. The Morgan fingerprint density at radius 1 is 1.47 bits per heavy atom. The molecular weight excluding hydrogens is 306 g/mol. The highest BCUT2D eigenvalue weighted by Gasteiger charge is 2.15. The third-order valence-corrected chi connectivity index (χ3v) is 4.94. The molecule has 0 amide bonds. The summed E-state index contributed by atoms with van der Waals surface area (Å²) in [6.07, 6.45) is 0. The minimum Gasteiger partial charge on any atom is -0.398 e. The Balaban J connectivity index is 2.16. The van der Waals surface area contributed by atoms with Gasteiger partial charge in [-0.25, -0.2) is 18.1 Å². The normalized spacial score (nSPS) is 11.7. The average Bonchev–Trinajstić information content (AvgIpc) is 2.76. The van der Waals surface area contributed by atoms with Gasteiger partial charge in [-0.2, -0.15) is 0 Å². The summed E-state index contributed by atoms with van der Waals surface area (Å²) in [6.45, 7) is 2.01. The van der Waals surface area contributed by atoms with Crippen molar-refractivity contribution >= 4 is 38.6 Å². The van der Waals surface area contributed by atoms with Crippen LogP contribution in [0.5, 0.6) is 0 Å². The van der Waals surface area contributed by atoms with E-state index in [-0.39, 0.29) is 16.5 Å². The third-order valence-electron chi connectivity index (χ3n) is 2.39. The average molecular weight is 318 g/mol. The van der Waals surface area contributed by atoms with Crippen LogP contribution in [-0.4, -0.2) is 13.4 Å². The standard InChI is InChI=1S/C11H12ClN3O2S2/c1-7-15-8(6-18-7)5-14-19(16,17)9-2-3-11(13)10(12)4-9/h2-4,6,14H,5,13H2,1H3. The molecule has 0 aliphatic carbocycles. The lowest BCUT2D eigenvalue weighted by atomic mass is 10.3. The van der Waals surface area contributed by atoms with Crippen LogP contribution in [0.25, 0.3) is 0 Å². The highest BCUT2D eigenvalue weighted by Crippen LogP contribution is 2.22. The minimum atomic E-state index is -3.61. The van der Waals surface area contributed by atoms with Crippen LogP contribution in [0.1, 0.15) is 10.7 Å². The Morgan fingerprint density at radius 2 is 2.21 bits per heavy atom. The maximum absolute atomic E-state index is 12.0. The van der Waals surface area contributed by atoms with Crippen molar-refractivity contribution in [2.75, 3.05) is 5.73 Å². The SMILES string of the molecule is Cc1nc(CNS(=O)(=O)c2ccc(N)c(Cl)c2)cs1. The first-order valence-electron chi connectivity index (χ1n) is 5.34. The zero-order valence-electron chi connectivity index (χ0n) is 10.1. The number of nitrogen functional groups attached to an aromatic ring is 1. The molecule has 0 radical (unpaired) electrons. The first kappa shape index (κ1) is 14.3. The summed E-state index contributed by atoms with van der Waals surface area (Å²) in [5.41, 5.74) is 6.57. The number of aromatic nitrogens is 1. The number of anilines is 1. The molecule has 1 heterocycles. The van der Waals surface area contributed by atoms with E-state index < -0.39 is 10.0 Å². The molecule has 0 unspecified atom stereocenters. The number of nitrogens with one attached hydrogen (secondary N) is 1. The van der Waals surface area contributed by atoms with Gasteiger partial charge in [-0.3, -0.25) is 0 Å². The van der Waals surface area contributed by atoms with Crippen molar-refractivity contribution in [2.45, 2.75) is 18.4 Å². The molecule has 19 heavy (non-hydrogen) atoms. The molecule has 3 N–H and O–H groups in total. The fourth-order valence-electron chi connectivity index (χ4n) is 1.42. The van der Waals surface area contributed by atoms with Crippen LogP contribution in [0.2, 0.25) is 5.02 Å². The molecule has 1 aromatic heterocycles. The van der Waals surface area contributed by atoms with Gasteiger partial charge >= 0.3 is 0 Å². The van der Waals surface area contributed by atoms with Gasteiger partial charge in [0.15, 0.2) is 0 Å². The van der Waals surface area contributed by atoms with Crippen molar-refractivity contribution in [1.29, 1.82) is 0 Å². The molecule has 2 aromatic rings. The van der Waals surface area contributed by atoms with Gasteiger partial charge < -0.3 is 5.73 Å². The number of benzene rings is 1. The highest BCUT2D eigenvalue weighted by atomic mass is 35.5. The van der Waals surface area contributed by atoms with Crippen LogP contribution in [-0.2, 0) is 16.6 Å². The Morgan fingerprint density at radius 3 is 2.79 bits per heavy atom. The van der Waals surface area contributed by atoms with E-state index in [0.717, 1.165) is 5.01 Å². The first-order valence-corrected chi connectivity index (χ1v) is 8.08. The van der Waals surface area contributed by atoms with E-state index in [1.807, 2.05) is 12.3 Å². The van der Waals surface area contributed by atoms with E-state index in [0.29, 0.717) is 11.4 Å². The summed E-state index contributed by atoms with van der Waals surface area (Å²) in [7, 11) is -3.61. The van der Waals surface area contributed by atoms with Crippen molar-refractivity contribution < 1.29 is 8.42 Å². The zero-order valence-corrected chi connectivity index (χ0v) is 12.4. The van der Waals surface area contributed by atoms with Crippen molar-refractivity contribution in [3.63, 3.8) is 0 Å². The van der Waals surface area contributed by atoms with Crippen molar-refractivity contribution in [3.8, 4) is 0 Å². The molecular formula is C11H12ClN3O2S2. The largest absolute Gasteiger partial charge is 0.398 e. The summed E-state index contributed by atoms with van der Waals surface area (Å²) in [6, 6.07) is 4.20. The number of nitrogens with zero attached hydrogens (tertiary/aromatic N) is 1. The van der Waals surface area contributed by atoms with Gasteiger partial charge in [0.2, 0.25) is 10.0 Å². The summed E-state index contributed by atoms with van der Waals surface area (Å²) in [5, 5.41) is 2.92. The van der Waals surface area contributed by atoms with Crippen LogP contribution < -0.4 is 10.5 Å². The molecule has 0 fully saturated rings. The van der Waals surface area contributed by atoms with Gasteiger partial charge in [-0.15, -0.1) is 11.3 Å². The molecule has 0 bridgehead atoms. The van der Waals surface area contributed by atoms with Crippen molar-refractivity contribution in [2.24, 2.45) is 0 Å². The number of hydrogen-bond acceptors (Lipinski definition) is 5. The lowest BCUT2D eigenvalue weighted by Gasteiger charge is -2.06. The second kappa shape index (κ2) is 5.46. The quantitative estimate of drug-likeness (QED) is 0.846. The predicted octanol–water partition coefficient (Wildman–Crippen LogP) is 2.17. The summed E-state index contributed by atoms with van der Waals surface area (Å²) in [5.74, 6) is 0. The zero-order chi connectivity index (χ0) is 14.0. The number of nitrogens with two attached hydrogens (primary N) is 1. The molecule has 5 nitrogen and oxygen atoms in total. The van der Waals surface area contributed by atoms with E-state index in [9.17, 15) is 8.42 Å². The Kier molecular flexibility index (Phi) is 4.10. The number of thiazole rings is 1. The highest BCUT2D eigenvalue weighted by molar-refractivity contribution is 7.89. The Labute approximate surface area is 120 Å². The Hall–Kier alpha value is -1.15. The summed E-state index contributed by atoms with van der Waals surface area (Å²) in [4.78, 5) is 4.27. The molecule has 2 rings (SSSR count). The van der Waals surface area contributed by atoms with E-state index >= 15 is 0 Å². The molecule has 0 aliphatic heterocycles. The predicted molar refractivity (Wildman–Crippen MR) is 76.7 cm³/mol. The molecule has 8 heteroatoms. The van der Waals surface area contributed by atoms with Gasteiger partial charge in [-0.05, 0) is 25.1 Å². The van der Waals surface area contributed by atoms with Gasteiger partial charge in [0.1, 0.15) is 0 Å². The smallest absolute Gasteiger partial charge is 0.240 e. The van der Waals surface area contributed by atoms with Gasteiger partial charge in [0.25, 0.3) is 0 Å². The van der Waals surface area contributed by atoms with Crippen molar-refractivity contribution in [1.82, 2.24) is 9.71 Å². The summed E-state index contributed by atoms with van der Waals surface area (Å²) < 4.78 is 26.6. The number of rotatable bonds is 4. The first-order chi connectivity index (χ1) is 8.88. The van der Waals surface area contributed by atoms with Crippen molar-refractivity contribution in [3.05, 3.63) is 39.3 Å². The fraction of sp³-hybridized carbons (Fsp3) is 0.182. The van der Waals surface area contributed by atoms with Crippen LogP contribution >= 0.6 is 22.9 Å². The second-order valence-electron chi connectivity index (χ2n) is 3.87. The van der Waals surface area contributed by atoms with Crippen LogP contribution in [0, 0.1) is 6.92 Å². The number of halogens is 1. The maximum atomic E-state index is 12.0. The molecule has 1 aromatic carbocycles. The van der Waals surface area contributed by atoms with Gasteiger partial charge in [0.05, 0.1) is 32.9 Å². The number of hydrogen-bond donors (Lipinski definition) is 2. The molecule has 0 aliphatic rings. The lowest BCUT2D eigenvalue weighted by Crippen LogP contribution is -2.23. The number of aryl methyl sites for hydroxylation is 1. The van der Waals surface area contributed by atoms with Crippen LogP contribution in [0.3, 0.4) is 0 Å². The molecule has 0 saturated carbocycles. The fourth-order valence-corrected chi connectivity index (χ4v) is 3.30. The van der Waals surface area contributed by atoms with Gasteiger partial charge in [0, 0.05) is 5.38 Å². The van der Waals surface area contributed by atoms with Gasteiger partial charge in [-0.1, -0.05) is 11.6 Å². The molecule has 0 saturated heterocycles. The van der Waals surface area contributed by atoms with E-state index in [2.05, 4.69) is 9.71 Å². The maximum Gasteiger partial charge on any atom is 0.240 e. The third kappa shape index (κ3) is 3.44. The lowest BCUT2D eigenvalue weighted by molar-refractivity contribution is 0.580. The van der Waals surface area contributed by atoms with Crippen LogP contribution in [0.15, 0.2) is 28.5 Å². The molecule has 0 spiro atoms. The van der Waals surface area contributed by atoms with E-state index in [4.69, 9.17) is 17.3 Å².